The molecule has 0 saturated heterocycles. The number of aryl methyl sites for hydroxylation is 2. The normalized spacial score (nSPS) is 16.2. The number of hydrogen-bond acceptors (Lipinski definition) is 8. The van der Waals surface area contributed by atoms with Crippen LogP contribution in [0.2, 0.25) is 0 Å². The highest BCUT2D eigenvalue weighted by Crippen LogP contribution is 2.45. The number of aliphatic hydroxyl groups is 1. The van der Waals surface area contributed by atoms with Gasteiger partial charge in [-0.3, -0.25) is 4.79 Å². The lowest BCUT2D eigenvalue weighted by Crippen LogP contribution is -2.29. The van der Waals surface area contributed by atoms with Gasteiger partial charge in [0.15, 0.2) is 0 Å². The Balaban J connectivity index is 0.000000321. The number of esters is 1. The van der Waals surface area contributed by atoms with Crippen molar-refractivity contribution in [2.24, 2.45) is 0 Å². The summed E-state index contributed by atoms with van der Waals surface area (Å²) in [6, 6.07) is 27.4. The molecule has 0 bridgehead atoms. The predicted molar refractivity (Wildman–Crippen MR) is 153 cm³/mol. The lowest BCUT2D eigenvalue weighted by Gasteiger charge is -2.26. The van der Waals surface area contributed by atoms with Gasteiger partial charge in [0.1, 0.15) is 23.1 Å². The second kappa shape index (κ2) is 11.6. The van der Waals surface area contributed by atoms with Crippen LogP contribution in [0.3, 0.4) is 0 Å². The SMILES string of the molecule is COc1ccc(C2(O)OC(=O)C(c3ccc4nonc4c3)=C2Cc2ccc(C)cc2)cc1.Cc1ccc(C=O)cc1. The minimum atomic E-state index is -1.92. The molecule has 6 rings (SSSR count). The van der Waals surface area contributed by atoms with E-state index in [2.05, 4.69) is 10.3 Å². The Kier molecular flexibility index (Phi) is 7.76. The van der Waals surface area contributed by atoms with E-state index in [1.165, 1.54) is 5.56 Å². The molecule has 0 spiro atoms. The van der Waals surface area contributed by atoms with Crippen LogP contribution in [0, 0.1) is 13.8 Å². The summed E-state index contributed by atoms with van der Waals surface area (Å²) in [5.41, 5.74) is 6.83. The van der Waals surface area contributed by atoms with Crippen molar-refractivity contribution in [3.63, 3.8) is 0 Å². The van der Waals surface area contributed by atoms with Gasteiger partial charge in [0, 0.05) is 23.1 Å². The zero-order valence-electron chi connectivity index (χ0n) is 22.8. The third kappa shape index (κ3) is 5.78. The Bertz CT molecular complexity index is 1720. The molecule has 0 saturated carbocycles. The number of benzene rings is 4. The third-order valence-electron chi connectivity index (χ3n) is 6.89. The van der Waals surface area contributed by atoms with Crippen LogP contribution in [0.4, 0.5) is 0 Å². The van der Waals surface area contributed by atoms with Crippen LogP contribution >= 0.6 is 0 Å². The molecule has 8 nitrogen and oxygen atoms in total. The highest BCUT2D eigenvalue weighted by atomic mass is 16.7. The smallest absolute Gasteiger partial charge is 0.342 e. The number of hydrogen-bond donors (Lipinski definition) is 1. The van der Waals surface area contributed by atoms with Crippen LogP contribution in [0.1, 0.15) is 38.2 Å². The Morgan fingerprint density at radius 3 is 2.12 bits per heavy atom. The molecule has 5 aromatic rings. The first-order valence-corrected chi connectivity index (χ1v) is 12.9. The second-order valence-electron chi connectivity index (χ2n) is 9.77. The van der Waals surface area contributed by atoms with Crippen LogP contribution < -0.4 is 4.74 Å². The number of nitrogens with zero attached hydrogens (tertiary/aromatic N) is 2. The van der Waals surface area contributed by atoms with Crippen molar-refractivity contribution in [3.05, 3.63) is 130 Å². The number of aldehydes is 1. The van der Waals surface area contributed by atoms with Gasteiger partial charge < -0.3 is 14.6 Å². The fraction of sp³-hybridized carbons (Fsp3) is 0.152. The van der Waals surface area contributed by atoms with Crippen molar-refractivity contribution in [3.8, 4) is 5.75 Å². The monoisotopic (exact) mass is 548 g/mol. The van der Waals surface area contributed by atoms with E-state index < -0.39 is 11.8 Å². The first-order chi connectivity index (χ1) is 19.8. The quantitative estimate of drug-likeness (QED) is 0.211. The van der Waals surface area contributed by atoms with Gasteiger partial charge in [0.05, 0.1) is 12.7 Å². The van der Waals surface area contributed by atoms with Gasteiger partial charge >= 0.3 is 5.97 Å². The van der Waals surface area contributed by atoms with Crippen LogP contribution in [0.5, 0.6) is 5.75 Å². The lowest BCUT2D eigenvalue weighted by molar-refractivity contribution is -0.185. The molecule has 1 aromatic heterocycles. The summed E-state index contributed by atoms with van der Waals surface area (Å²) in [4.78, 5) is 23.2. The second-order valence-corrected chi connectivity index (χ2v) is 9.77. The molecular formula is C33H28N2O6. The Labute approximate surface area is 236 Å². The van der Waals surface area contributed by atoms with E-state index in [9.17, 15) is 14.7 Å². The molecule has 0 radical (unpaired) electrons. The summed E-state index contributed by atoms with van der Waals surface area (Å²) in [5, 5.41) is 19.4. The Morgan fingerprint density at radius 1 is 0.854 bits per heavy atom. The molecule has 1 aliphatic rings. The molecule has 0 aliphatic carbocycles. The van der Waals surface area contributed by atoms with Crippen molar-refractivity contribution < 1.29 is 28.8 Å². The standard InChI is InChI=1S/C25H20N2O5.C8H8O/c1-15-3-5-16(6-4-15)13-20-23(17-7-12-21-22(14-17)27-32-26-21)24(28)31-25(20,29)18-8-10-19(30-2)11-9-18;1-7-2-4-8(6-9)5-3-7/h3-12,14,29H,13H2,1-2H3;2-6H,1H3. The van der Waals surface area contributed by atoms with E-state index in [0.29, 0.717) is 45.5 Å². The number of cyclic esters (lactones) is 1. The zero-order valence-corrected chi connectivity index (χ0v) is 22.8. The van der Waals surface area contributed by atoms with Crippen LogP contribution in [0.25, 0.3) is 16.6 Å². The highest BCUT2D eigenvalue weighted by molar-refractivity contribution is 6.20. The van der Waals surface area contributed by atoms with E-state index in [1.54, 1.807) is 49.6 Å². The Hall–Kier alpha value is -5.08. The minimum absolute atomic E-state index is 0.300. The van der Waals surface area contributed by atoms with Gasteiger partial charge in [-0.1, -0.05) is 65.7 Å². The maximum atomic E-state index is 13.1. The first-order valence-electron chi connectivity index (χ1n) is 12.9. The van der Waals surface area contributed by atoms with Crippen molar-refractivity contribution in [1.82, 2.24) is 10.3 Å². The number of fused-ring (bicyclic) bond motifs is 1. The molecular weight excluding hydrogens is 520 g/mol. The lowest BCUT2D eigenvalue weighted by atomic mass is 9.88. The van der Waals surface area contributed by atoms with E-state index in [1.807, 2.05) is 62.4 Å². The molecule has 1 unspecified atom stereocenters. The summed E-state index contributed by atoms with van der Waals surface area (Å²) >= 11 is 0. The zero-order chi connectivity index (χ0) is 29.0. The van der Waals surface area contributed by atoms with Gasteiger partial charge in [0.25, 0.3) is 5.79 Å². The molecule has 1 N–H and O–H groups in total. The van der Waals surface area contributed by atoms with E-state index in [0.717, 1.165) is 23.0 Å². The van der Waals surface area contributed by atoms with Crippen molar-refractivity contribution in [1.29, 1.82) is 0 Å². The van der Waals surface area contributed by atoms with Crippen LogP contribution in [-0.2, 0) is 21.7 Å². The largest absolute Gasteiger partial charge is 0.497 e. The maximum absolute atomic E-state index is 13.1. The molecule has 1 aliphatic heterocycles. The number of carbonyl (C=O) groups is 2. The molecule has 4 aromatic carbocycles. The average molecular weight is 549 g/mol. The van der Waals surface area contributed by atoms with Gasteiger partial charge in [0.2, 0.25) is 0 Å². The summed E-state index contributed by atoms with van der Waals surface area (Å²) in [5.74, 6) is -1.89. The summed E-state index contributed by atoms with van der Waals surface area (Å²) < 4.78 is 15.6. The third-order valence-corrected chi connectivity index (χ3v) is 6.89. The Morgan fingerprint density at radius 2 is 1.49 bits per heavy atom. The summed E-state index contributed by atoms with van der Waals surface area (Å²) in [6.07, 6.45) is 1.17. The molecule has 0 amide bonds. The fourth-order valence-corrected chi connectivity index (χ4v) is 4.58. The van der Waals surface area contributed by atoms with Gasteiger partial charge in [-0.05, 0) is 71.7 Å². The maximum Gasteiger partial charge on any atom is 0.342 e. The highest BCUT2D eigenvalue weighted by Gasteiger charge is 2.48. The molecule has 8 heteroatoms. The van der Waals surface area contributed by atoms with Gasteiger partial charge in [-0.15, -0.1) is 0 Å². The van der Waals surface area contributed by atoms with E-state index in [-0.39, 0.29) is 0 Å². The first kappa shape index (κ1) is 27.5. The van der Waals surface area contributed by atoms with E-state index in [4.69, 9.17) is 14.1 Å². The number of methoxy groups -OCH3 is 1. The molecule has 0 fully saturated rings. The van der Waals surface area contributed by atoms with Crippen molar-refractivity contribution in [2.45, 2.75) is 26.1 Å². The van der Waals surface area contributed by atoms with Crippen molar-refractivity contribution >= 4 is 28.9 Å². The number of ether oxygens (including phenoxy) is 2. The van der Waals surface area contributed by atoms with Crippen molar-refractivity contribution in [2.75, 3.05) is 7.11 Å². The number of aromatic nitrogens is 2. The average Bonchev–Trinajstić information content (AvgIpc) is 3.56. The topological polar surface area (TPSA) is 112 Å². The van der Waals surface area contributed by atoms with Crippen LogP contribution in [0.15, 0.2) is 101 Å². The van der Waals surface area contributed by atoms with Crippen LogP contribution in [-0.4, -0.2) is 34.8 Å². The molecule has 41 heavy (non-hydrogen) atoms. The molecule has 1 atom stereocenters. The molecule has 2 heterocycles. The van der Waals surface area contributed by atoms with E-state index >= 15 is 0 Å². The van der Waals surface area contributed by atoms with Gasteiger partial charge in [-0.25, -0.2) is 9.42 Å². The predicted octanol–water partition coefficient (Wildman–Crippen LogP) is 5.75. The summed E-state index contributed by atoms with van der Waals surface area (Å²) in [7, 11) is 1.56. The fourth-order valence-electron chi connectivity index (χ4n) is 4.58. The number of carbonyl (C=O) groups excluding carboxylic acids is 2. The number of rotatable bonds is 6. The van der Waals surface area contributed by atoms with Gasteiger partial charge in [-0.2, -0.15) is 0 Å². The summed E-state index contributed by atoms with van der Waals surface area (Å²) in [6.45, 7) is 4.00. The molecule has 206 valence electrons. The minimum Gasteiger partial charge on any atom is -0.497 e.